The molecule has 1 heterocycles. The Balaban J connectivity index is 1.81. The van der Waals surface area contributed by atoms with Crippen molar-refractivity contribution in [2.45, 2.75) is 27.2 Å². The number of anilines is 2. The van der Waals surface area contributed by atoms with Crippen LogP contribution < -0.4 is 11.1 Å². The monoisotopic (exact) mass is 261 g/mol. The predicted octanol–water partition coefficient (Wildman–Crippen LogP) is 3.64. The minimum Gasteiger partial charge on any atom is -0.397 e. The van der Waals surface area contributed by atoms with Gasteiger partial charge in [0, 0.05) is 6.54 Å². The number of hydrogen-bond acceptors (Lipinski definition) is 4. The lowest BCUT2D eigenvalue weighted by Crippen LogP contribution is -2.08. The smallest absolute Gasteiger partial charge is 0.0907 e. The molecular weight excluding hydrogens is 242 g/mol. The zero-order valence-corrected chi connectivity index (χ0v) is 11.9. The first-order chi connectivity index (χ1) is 8.45. The number of rotatable bonds is 3. The van der Waals surface area contributed by atoms with E-state index in [-0.39, 0.29) is 0 Å². The molecule has 1 aliphatic carbocycles. The number of thiazole rings is 1. The van der Waals surface area contributed by atoms with Crippen molar-refractivity contribution in [3.8, 4) is 0 Å². The molecule has 1 aromatic heterocycles. The number of nitrogens with one attached hydrogen (secondary N) is 1. The van der Waals surface area contributed by atoms with Gasteiger partial charge in [0.1, 0.15) is 0 Å². The van der Waals surface area contributed by atoms with Crippen LogP contribution in [0.15, 0.2) is 12.1 Å². The van der Waals surface area contributed by atoms with Crippen LogP contribution in [0, 0.1) is 18.3 Å². The second kappa shape index (κ2) is 3.85. The van der Waals surface area contributed by atoms with Gasteiger partial charge >= 0.3 is 0 Å². The van der Waals surface area contributed by atoms with Gasteiger partial charge in [0.15, 0.2) is 0 Å². The van der Waals surface area contributed by atoms with Gasteiger partial charge in [-0.2, -0.15) is 0 Å². The maximum absolute atomic E-state index is 6.09. The van der Waals surface area contributed by atoms with Crippen LogP contribution in [-0.2, 0) is 0 Å². The van der Waals surface area contributed by atoms with Crippen LogP contribution in [0.4, 0.5) is 11.4 Å². The third kappa shape index (κ3) is 2.05. The van der Waals surface area contributed by atoms with Gasteiger partial charge in [0.05, 0.1) is 26.6 Å². The largest absolute Gasteiger partial charge is 0.397 e. The highest BCUT2D eigenvalue weighted by Gasteiger charge is 2.44. The fourth-order valence-corrected chi connectivity index (χ4v) is 3.27. The summed E-state index contributed by atoms with van der Waals surface area (Å²) in [5, 5.41) is 4.56. The third-order valence-corrected chi connectivity index (χ3v) is 4.86. The van der Waals surface area contributed by atoms with Crippen molar-refractivity contribution in [2.24, 2.45) is 11.3 Å². The zero-order valence-electron chi connectivity index (χ0n) is 11.1. The fraction of sp³-hybridized carbons (Fsp3) is 0.500. The van der Waals surface area contributed by atoms with Crippen molar-refractivity contribution in [1.29, 1.82) is 0 Å². The lowest BCUT2D eigenvalue weighted by atomic mass is 10.1. The SMILES string of the molecule is Cc1nc2cc(NCC3CC3(C)C)c(N)cc2s1. The van der Waals surface area contributed by atoms with Crippen LogP contribution in [0.1, 0.15) is 25.3 Å². The number of aryl methyl sites for hydroxylation is 1. The van der Waals surface area contributed by atoms with Gasteiger partial charge in [0.25, 0.3) is 0 Å². The lowest BCUT2D eigenvalue weighted by molar-refractivity contribution is 0.573. The average Bonchev–Trinajstić information content (AvgIpc) is 2.72. The molecule has 0 radical (unpaired) electrons. The first-order valence-electron chi connectivity index (χ1n) is 6.36. The molecule has 3 N–H and O–H groups in total. The fourth-order valence-electron chi connectivity index (χ4n) is 2.42. The van der Waals surface area contributed by atoms with Crippen LogP contribution in [0.3, 0.4) is 0 Å². The summed E-state index contributed by atoms with van der Waals surface area (Å²) >= 11 is 1.69. The van der Waals surface area contributed by atoms with E-state index in [2.05, 4.69) is 30.2 Å². The van der Waals surface area contributed by atoms with Crippen LogP contribution in [0.5, 0.6) is 0 Å². The Hall–Kier alpha value is -1.29. The average molecular weight is 261 g/mol. The number of hydrogen-bond donors (Lipinski definition) is 2. The summed E-state index contributed by atoms with van der Waals surface area (Å²) < 4.78 is 1.17. The zero-order chi connectivity index (χ0) is 12.9. The highest BCUT2D eigenvalue weighted by molar-refractivity contribution is 7.18. The minimum atomic E-state index is 0.503. The van der Waals surface area contributed by atoms with E-state index < -0.39 is 0 Å². The maximum atomic E-state index is 6.09. The molecule has 1 fully saturated rings. The van der Waals surface area contributed by atoms with Gasteiger partial charge in [-0.1, -0.05) is 13.8 Å². The number of nitrogens with zero attached hydrogens (tertiary/aromatic N) is 1. The van der Waals surface area contributed by atoms with E-state index in [1.54, 1.807) is 11.3 Å². The van der Waals surface area contributed by atoms with E-state index in [4.69, 9.17) is 5.73 Å². The van der Waals surface area contributed by atoms with Crippen molar-refractivity contribution in [1.82, 2.24) is 4.98 Å². The molecule has 1 aromatic carbocycles. The van der Waals surface area contributed by atoms with Crippen molar-refractivity contribution < 1.29 is 0 Å². The number of fused-ring (bicyclic) bond motifs is 1. The van der Waals surface area contributed by atoms with Crippen LogP contribution in [-0.4, -0.2) is 11.5 Å². The Kier molecular flexibility index (Phi) is 2.52. The molecule has 1 saturated carbocycles. The Morgan fingerprint density at radius 1 is 1.50 bits per heavy atom. The topological polar surface area (TPSA) is 50.9 Å². The van der Waals surface area contributed by atoms with Crippen molar-refractivity contribution >= 4 is 32.9 Å². The summed E-state index contributed by atoms with van der Waals surface area (Å²) in [6, 6.07) is 4.10. The Morgan fingerprint density at radius 2 is 2.22 bits per heavy atom. The van der Waals surface area contributed by atoms with E-state index >= 15 is 0 Å². The molecule has 96 valence electrons. The molecule has 3 nitrogen and oxygen atoms in total. The van der Waals surface area contributed by atoms with Crippen molar-refractivity contribution in [3.63, 3.8) is 0 Å². The van der Waals surface area contributed by atoms with E-state index in [1.807, 2.05) is 13.0 Å². The summed E-state index contributed by atoms with van der Waals surface area (Å²) in [6.45, 7) is 7.66. The van der Waals surface area contributed by atoms with Gasteiger partial charge in [0.2, 0.25) is 0 Å². The highest BCUT2D eigenvalue weighted by atomic mass is 32.1. The quantitative estimate of drug-likeness (QED) is 0.829. The van der Waals surface area contributed by atoms with Gasteiger partial charge in [-0.15, -0.1) is 11.3 Å². The normalized spacial score (nSPS) is 21.2. The van der Waals surface area contributed by atoms with Gasteiger partial charge in [-0.05, 0) is 36.8 Å². The molecular formula is C14H19N3S. The van der Waals surface area contributed by atoms with Crippen molar-refractivity contribution in [2.75, 3.05) is 17.6 Å². The molecule has 0 saturated heterocycles. The van der Waals surface area contributed by atoms with Crippen LogP contribution in [0.2, 0.25) is 0 Å². The molecule has 2 aromatic rings. The maximum Gasteiger partial charge on any atom is 0.0907 e. The van der Waals surface area contributed by atoms with E-state index in [9.17, 15) is 0 Å². The molecule has 3 rings (SSSR count). The molecule has 0 amide bonds. The van der Waals surface area contributed by atoms with Crippen LogP contribution >= 0.6 is 11.3 Å². The number of benzene rings is 1. The number of aromatic nitrogens is 1. The molecule has 0 spiro atoms. The number of nitrogen functional groups attached to an aromatic ring is 1. The van der Waals surface area contributed by atoms with Gasteiger partial charge in [-0.25, -0.2) is 4.98 Å². The molecule has 4 heteroatoms. The van der Waals surface area contributed by atoms with E-state index in [1.165, 1.54) is 11.1 Å². The Bertz CT molecular complexity index is 600. The Morgan fingerprint density at radius 3 is 2.89 bits per heavy atom. The first-order valence-corrected chi connectivity index (χ1v) is 7.18. The van der Waals surface area contributed by atoms with E-state index in [0.717, 1.165) is 34.4 Å². The molecule has 1 aliphatic rings. The standard InChI is InChI=1S/C14H19N3S/c1-8-17-12-5-11(10(15)4-13(12)18-8)16-7-9-6-14(9,2)3/h4-5,9,16H,6-7,15H2,1-3H3. The minimum absolute atomic E-state index is 0.503. The highest BCUT2D eigenvalue weighted by Crippen LogP contribution is 2.51. The van der Waals surface area contributed by atoms with Gasteiger partial charge in [-0.3, -0.25) is 0 Å². The summed E-state index contributed by atoms with van der Waals surface area (Å²) in [5.74, 6) is 0.768. The lowest BCUT2D eigenvalue weighted by Gasteiger charge is -2.10. The third-order valence-electron chi connectivity index (χ3n) is 3.92. The summed E-state index contributed by atoms with van der Waals surface area (Å²) in [7, 11) is 0. The first kappa shape index (κ1) is 11.8. The van der Waals surface area contributed by atoms with Crippen LogP contribution in [0.25, 0.3) is 10.2 Å². The second-order valence-electron chi connectivity index (χ2n) is 5.91. The molecule has 18 heavy (non-hydrogen) atoms. The molecule has 1 unspecified atom stereocenters. The molecule has 1 atom stereocenters. The second-order valence-corrected chi connectivity index (χ2v) is 7.15. The number of nitrogens with two attached hydrogens (primary N) is 1. The Labute approximate surface area is 111 Å². The summed E-state index contributed by atoms with van der Waals surface area (Å²) in [4.78, 5) is 4.51. The molecule has 0 aliphatic heterocycles. The molecule has 0 bridgehead atoms. The van der Waals surface area contributed by atoms with E-state index in [0.29, 0.717) is 5.41 Å². The van der Waals surface area contributed by atoms with Gasteiger partial charge < -0.3 is 11.1 Å². The summed E-state index contributed by atoms with van der Waals surface area (Å²) in [6.07, 6.45) is 1.30. The predicted molar refractivity (Wildman–Crippen MR) is 79.1 cm³/mol. The summed E-state index contributed by atoms with van der Waals surface area (Å²) in [5.41, 5.74) is 9.48. The van der Waals surface area contributed by atoms with Crippen molar-refractivity contribution in [3.05, 3.63) is 17.1 Å².